The third kappa shape index (κ3) is 4.66. The number of aryl methyl sites for hydroxylation is 1. The summed E-state index contributed by atoms with van der Waals surface area (Å²) >= 11 is 0. The Hall–Kier alpha value is -2.15. The molecule has 2 rings (SSSR count). The van der Waals surface area contributed by atoms with Crippen LogP contribution >= 0.6 is 0 Å². The van der Waals surface area contributed by atoms with Crippen LogP contribution in [-0.4, -0.2) is 35.4 Å². The van der Waals surface area contributed by atoms with Crippen molar-refractivity contribution in [3.8, 4) is 0 Å². The lowest BCUT2D eigenvalue weighted by Gasteiger charge is -2.19. The fourth-order valence-corrected chi connectivity index (χ4v) is 3.63. The minimum atomic E-state index is -3.38. The van der Waals surface area contributed by atoms with Gasteiger partial charge in [0.15, 0.2) is 9.84 Å². The first kappa shape index (κ1) is 17.2. The zero-order chi connectivity index (χ0) is 16.9. The van der Waals surface area contributed by atoms with Crippen LogP contribution in [0.4, 0.5) is 0 Å². The van der Waals surface area contributed by atoms with Crippen molar-refractivity contribution in [2.75, 3.05) is 11.5 Å². The second-order valence-corrected chi connectivity index (χ2v) is 7.58. The summed E-state index contributed by atoms with van der Waals surface area (Å²) in [5.74, 6) is -0.360. The Morgan fingerprint density at radius 1 is 1.30 bits per heavy atom. The van der Waals surface area contributed by atoms with Crippen LogP contribution in [0, 0.1) is 0 Å². The number of aromatic nitrogens is 2. The molecule has 6 nitrogen and oxygen atoms in total. The Labute approximate surface area is 136 Å². The lowest BCUT2D eigenvalue weighted by atomic mass is 10.1. The molecule has 1 atom stereocenters. The number of carbonyl (C=O) groups excluding carboxylic acids is 1. The highest BCUT2D eigenvalue weighted by Gasteiger charge is 2.23. The molecule has 1 heterocycles. The van der Waals surface area contributed by atoms with Gasteiger partial charge >= 0.3 is 0 Å². The van der Waals surface area contributed by atoms with Crippen LogP contribution in [0.3, 0.4) is 0 Å². The van der Waals surface area contributed by atoms with Gasteiger partial charge in [-0.1, -0.05) is 37.3 Å². The summed E-state index contributed by atoms with van der Waals surface area (Å²) in [4.78, 5) is 16.5. The molecule has 0 bridgehead atoms. The number of sulfone groups is 1. The second-order valence-electron chi connectivity index (χ2n) is 5.40. The molecule has 0 spiro atoms. The van der Waals surface area contributed by atoms with Crippen LogP contribution in [0.15, 0.2) is 42.7 Å². The Morgan fingerprint density at radius 2 is 2.00 bits per heavy atom. The number of benzene rings is 1. The summed E-state index contributed by atoms with van der Waals surface area (Å²) in [6.07, 6.45) is 3.92. The van der Waals surface area contributed by atoms with Crippen LogP contribution in [0.5, 0.6) is 0 Å². The number of hydrogen-bond acceptors (Lipinski definition) is 4. The fraction of sp³-hybridized carbons (Fsp3) is 0.375. The van der Waals surface area contributed by atoms with Crippen molar-refractivity contribution in [1.29, 1.82) is 0 Å². The van der Waals surface area contributed by atoms with E-state index < -0.39 is 27.5 Å². The van der Waals surface area contributed by atoms with E-state index in [1.807, 2.05) is 37.4 Å². The van der Waals surface area contributed by atoms with E-state index >= 15 is 0 Å². The maximum absolute atomic E-state index is 12.2. The molecule has 1 N–H and O–H groups in total. The number of imidazole rings is 1. The monoisotopic (exact) mass is 335 g/mol. The van der Waals surface area contributed by atoms with Crippen molar-refractivity contribution in [3.05, 3.63) is 54.1 Å². The lowest BCUT2D eigenvalue weighted by molar-refractivity contribution is -0.119. The van der Waals surface area contributed by atoms with E-state index in [9.17, 15) is 13.2 Å². The molecule has 1 aromatic heterocycles. The molecule has 1 aromatic carbocycles. The summed E-state index contributed by atoms with van der Waals surface area (Å²) < 4.78 is 25.5. The predicted octanol–water partition coefficient (Wildman–Crippen LogP) is 1.45. The van der Waals surface area contributed by atoms with E-state index in [1.54, 1.807) is 23.9 Å². The molecule has 23 heavy (non-hydrogen) atoms. The van der Waals surface area contributed by atoms with Gasteiger partial charge in [0, 0.05) is 19.4 Å². The minimum absolute atomic E-state index is 0.0127. The molecule has 1 amide bonds. The van der Waals surface area contributed by atoms with Crippen molar-refractivity contribution in [3.63, 3.8) is 0 Å². The van der Waals surface area contributed by atoms with Crippen molar-refractivity contribution in [1.82, 2.24) is 14.9 Å². The molecule has 0 saturated carbocycles. The predicted molar refractivity (Wildman–Crippen MR) is 88.6 cm³/mol. The average molecular weight is 335 g/mol. The van der Waals surface area contributed by atoms with Gasteiger partial charge in [-0.05, 0) is 12.0 Å². The SMILES string of the molecule is CCCS(=O)(=O)CC(=O)N[C@@H](c1ccccc1)c1nccn1C. The molecule has 124 valence electrons. The molecule has 0 aliphatic rings. The number of nitrogens with one attached hydrogen (secondary N) is 1. The zero-order valence-electron chi connectivity index (χ0n) is 13.3. The Bertz CT molecular complexity index is 754. The molecular weight excluding hydrogens is 314 g/mol. The van der Waals surface area contributed by atoms with Crippen molar-refractivity contribution in [2.45, 2.75) is 19.4 Å². The summed E-state index contributed by atoms with van der Waals surface area (Å²) in [7, 11) is -1.55. The summed E-state index contributed by atoms with van der Waals surface area (Å²) in [5.41, 5.74) is 0.850. The molecule has 2 aromatic rings. The quantitative estimate of drug-likeness (QED) is 0.830. The van der Waals surface area contributed by atoms with Gasteiger partial charge < -0.3 is 9.88 Å². The number of nitrogens with zero attached hydrogens (tertiary/aromatic N) is 2. The topological polar surface area (TPSA) is 81.1 Å². The van der Waals surface area contributed by atoms with Gasteiger partial charge in [-0.2, -0.15) is 0 Å². The largest absolute Gasteiger partial charge is 0.341 e. The number of rotatable bonds is 7. The smallest absolute Gasteiger partial charge is 0.236 e. The van der Waals surface area contributed by atoms with Crippen LogP contribution < -0.4 is 5.32 Å². The third-order valence-corrected chi connectivity index (χ3v) is 5.15. The highest BCUT2D eigenvalue weighted by atomic mass is 32.2. The van der Waals surface area contributed by atoms with Crippen LogP contribution in [0.2, 0.25) is 0 Å². The maximum atomic E-state index is 12.2. The normalized spacial score (nSPS) is 12.8. The average Bonchev–Trinajstić information content (AvgIpc) is 2.91. The summed E-state index contributed by atoms with van der Waals surface area (Å²) in [6, 6.07) is 8.88. The van der Waals surface area contributed by atoms with Gasteiger partial charge in [-0.15, -0.1) is 0 Å². The van der Waals surface area contributed by atoms with Gasteiger partial charge in [0.1, 0.15) is 17.6 Å². The van der Waals surface area contributed by atoms with E-state index in [2.05, 4.69) is 10.3 Å². The first-order valence-electron chi connectivity index (χ1n) is 7.45. The minimum Gasteiger partial charge on any atom is -0.341 e. The van der Waals surface area contributed by atoms with Gasteiger partial charge in [0.25, 0.3) is 0 Å². The van der Waals surface area contributed by atoms with E-state index in [0.717, 1.165) is 5.56 Å². The third-order valence-electron chi connectivity index (χ3n) is 3.42. The molecule has 0 saturated heterocycles. The maximum Gasteiger partial charge on any atom is 0.236 e. The Kier molecular flexibility index (Phi) is 5.54. The number of hydrogen-bond donors (Lipinski definition) is 1. The Morgan fingerprint density at radius 3 is 2.57 bits per heavy atom. The fourth-order valence-electron chi connectivity index (χ4n) is 2.38. The summed E-state index contributed by atoms with van der Waals surface area (Å²) in [6.45, 7) is 1.77. The van der Waals surface area contributed by atoms with Crippen molar-refractivity contribution < 1.29 is 13.2 Å². The highest BCUT2D eigenvalue weighted by molar-refractivity contribution is 7.92. The van der Waals surface area contributed by atoms with E-state index in [4.69, 9.17) is 0 Å². The van der Waals surface area contributed by atoms with Crippen molar-refractivity contribution >= 4 is 15.7 Å². The van der Waals surface area contributed by atoms with Crippen LogP contribution in [0.25, 0.3) is 0 Å². The van der Waals surface area contributed by atoms with Gasteiger partial charge in [-0.25, -0.2) is 13.4 Å². The lowest BCUT2D eigenvalue weighted by Crippen LogP contribution is -2.35. The molecule has 0 aliphatic heterocycles. The van der Waals surface area contributed by atoms with E-state index in [-0.39, 0.29) is 5.75 Å². The van der Waals surface area contributed by atoms with Gasteiger partial charge in [0.2, 0.25) is 5.91 Å². The molecule has 0 unspecified atom stereocenters. The molecule has 0 fully saturated rings. The molecule has 0 aliphatic carbocycles. The first-order chi connectivity index (χ1) is 10.9. The Balaban J connectivity index is 2.23. The number of amides is 1. The van der Waals surface area contributed by atoms with Crippen molar-refractivity contribution in [2.24, 2.45) is 7.05 Å². The zero-order valence-corrected chi connectivity index (χ0v) is 14.1. The standard InChI is InChI=1S/C16H21N3O3S/c1-3-11-23(21,22)12-14(20)18-15(13-7-5-4-6-8-13)16-17-9-10-19(16)2/h4-10,15H,3,11-12H2,1-2H3,(H,18,20)/t15-/m0/s1. The van der Waals surface area contributed by atoms with Gasteiger partial charge in [0.05, 0.1) is 5.75 Å². The van der Waals surface area contributed by atoms with E-state index in [0.29, 0.717) is 12.2 Å². The van der Waals surface area contributed by atoms with Crippen LogP contribution in [0.1, 0.15) is 30.8 Å². The molecule has 0 radical (unpaired) electrons. The van der Waals surface area contributed by atoms with Gasteiger partial charge in [-0.3, -0.25) is 4.79 Å². The second kappa shape index (κ2) is 7.41. The van der Waals surface area contributed by atoms with E-state index in [1.165, 1.54) is 0 Å². The van der Waals surface area contributed by atoms with Crippen LogP contribution in [-0.2, 0) is 21.7 Å². The molecule has 7 heteroatoms. The first-order valence-corrected chi connectivity index (χ1v) is 9.27. The summed E-state index contributed by atoms with van der Waals surface area (Å²) in [5, 5.41) is 2.79. The number of carbonyl (C=O) groups is 1. The highest BCUT2D eigenvalue weighted by Crippen LogP contribution is 2.20. The molecular formula is C16H21N3O3S.